The average Bonchev–Trinajstić information content (AvgIpc) is 2.24. The summed E-state index contributed by atoms with van der Waals surface area (Å²) in [5.74, 6) is -1.29. The summed E-state index contributed by atoms with van der Waals surface area (Å²) in [6.07, 6.45) is 0.531. The molecule has 0 spiro atoms. The highest BCUT2D eigenvalue weighted by molar-refractivity contribution is 5.70. The Kier molecular flexibility index (Phi) is 4.70. The van der Waals surface area contributed by atoms with E-state index in [1.807, 2.05) is 20.8 Å². The lowest BCUT2D eigenvalue weighted by molar-refractivity contribution is -0.143. The molecule has 0 amide bonds. The molecule has 0 aliphatic rings. The molecule has 4 heteroatoms. The zero-order chi connectivity index (χ0) is 13.8. The number of hydrogen-bond donors (Lipinski definition) is 1. The molecule has 1 atom stereocenters. The minimum Gasteiger partial charge on any atom is -0.493 e. The molecular formula is C14H19FO3. The molecule has 1 unspecified atom stereocenters. The minimum atomic E-state index is -0.868. The van der Waals surface area contributed by atoms with Crippen molar-refractivity contribution in [3.05, 3.63) is 30.1 Å². The van der Waals surface area contributed by atoms with Gasteiger partial charge in [0.15, 0.2) is 0 Å². The summed E-state index contributed by atoms with van der Waals surface area (Å²) < 4.78 is 18.1. The Hall–Kier alpha value is -1.58. The summed E-state index contributed by atoms with van der Waals surface area (Å²) in [6, 6.07) is 5.56. The van der Waals surface area contributed by atoms with Crippen LogP contribution in [0.4, 0.5) is 4.39 Å². The van der Waals surface area contributed by atoms with Gasteiger partial charge in [-0.05, 0) is 36.1 Å². The highest BCUT2D eigenvalue weighted by Crippen LogP contribution is 2.25. The van der Waals surface area contributed by atoms with Crippen LogP contribution in [-0.4, -0.2) is 17.7 Å². The normalized spacial score (nSPS) is 13.1. The van der Waals surface area contributed by atoms with Gasteiger partial charge in [-0.25, -0.2) is 4.39 Å². The summed E-state index contributed by atoms with van der Waals surface area (Å²) in [4.78, 5) is 11.1. The van der Waals surface area contributed by atoms with Crippen molar-refractivity contribution in [1.82, 2.24) is 0 Å². The van der Waals surface area contributed by atoms with Crippen LogP contribution in [0.5, 0.6) is 5.75 Å². The molecule has 1 aromatic rings. The van der Waals surface area contributed by atoms with E-state index in [0.717, 1.165) is 0 Å². The van der Waals surface area contributed by atoms with Crippen molar-refractivity contribution in [3.8, 4) is 5.75 Å². The van der Waals surface area contributed by atoms with E-state index in [9.17, 15) is 9.18 Å². The van der Waals surface area contributed by atoms with Gasteiger partial charge in [0.25, 0.3) is 0 Å². The molecule has 3 nitrogen and oxygen atoms in total. The maximum absolute atomic E-state index is 12.7. The lowest BCUT2D eigenvalue weighted by Crippen LogP contribution is -2.26. The first-order chi connectivity index (χ1) is 8.28. The van der Waals surface area contributed by atoms with Crippen LogP contribution in [0.2, 0.25) is 0 Å². The van der Waals surface area contributed by atoms with E-state index in [0.29, 0.717) is 12.2 Å². The second kappa shape index (κ2) is 5.85. The predicted molar refractivity (Wildman–Crippen MR) is 67.1 cm³/mol. The van der Waals surface area contributed by atoms with Gasteiger partial charge in [-0.15, -0.1) is 0 Å². The number of halogens is 1. The van der Waals surface area contributed by atoms with Crippen molar-refractivity contribution in [1.29, 1.82) is 0 Å². The van der Waals surface area contributed by atoms with Crippen molar-refractivity contribution in [2.45, 2.75) is 27.2 Å². The van der Waals surface area contributed by atoms with Crippen LogP contribution < -0.4 is 4.74 Å². The third-order valence-corrected chi connectivity index (χ3v) is 2.47. The first-order valence-electron chi connectivity index (χ1n) is 5.89. The molecule has 1 aromatic carbocycles. The molecular weight excluding hydrogens is 235 g/mol. The summed E-state index contributed by atoms with van der Waals surface area (Å²) in [7, 11) is 0. The van der Waals surface area contributed by atoms with Crippen LogP contribution in [0, 0.1) is 17.2 Å². The fraction of sp³-hybridized carbons (Fsp3) is 0.500. The second-order valence-corrected chi connectivity index (χ2v) is 5.56. The molecule has 0 aromatic heterocycles. The van der Waals surface area contributed by atoms with Gasteiger partial charge < -0.3 is 9.84 Å². The zero-order valence-corrected chi connectivity index (χ0v) is 10.9. The molecule has 0 aliphatic carbocycles. The number of carboxylic acid groups (broad SMARTS) is 1. The summed E-state index contributed by atoms with van der Waals surface area (Å²) in [6.45, 7) is 6.06. The van der Waals surface area contributed by atoms with E-state index in [4.69, 9.17) is 9.84 Å². The molecule has 18 heavy (non-hydrogen) atoms. The van der Waals surface area contributed by atoms with Gasteiger partial charge in [-0.2, -0.15) is 0 Å². The molecule has 1 rings (SSSR count). The van der Waals surface area contributed by atoms with Crippen LogP contribution >= 0.6 is 0 Å². The van der Waals surface area contributed by atoms with E-state index in [1.165, 1.54) is 24.3 Å². The average molecular weight is 254 g/mol. The highest BCUT2D eigenvalue weighted by atomic mass is 19.1. The molecule has 0 heterocycles. The van der Waals surface area contributed by atoms with Crippen molar-refractivity contribution in [2.24, 2.45) is 11.3 Å². The first-order valence-corrected chi connectivity index (χ1v) is 5.89. The van der Waals surface area contributed by atoms with Crippen LogP contribution in [0.1, 0.15) is 27.2 Å². The van der Waals surface area contributed by atoms with E-state index >= 15 is 0 Å². The Bertz CT molecular complexity index is 392. The fourth-order valence-corrected chi connectivity index (χ4v) is 1.68. The third-order valence-electron chi connectivity index (χ3n) is 2.47. The molecule has 0 bridgehead atoms. The Labute approximate surface area is 107 Å². The molecule has 0 fully saturated rings. The Morgan fingerprint density at radius 1 is 1.33 bits per heavy atom. The number of carboxylic acids is 1. The number of hydrogen-bond acceptors (Lipinski definition) is 2. The number of aliphatic carboxylic acids is 1. The molecule has 100 valence electrons. The zero-order valence-electron chi connectivity index (χ0n) is 10.9. The second-order valence-electron chi connectivity index (χ2n) is 5.56. The number of rotatable bonds is 5. The minimum absolute atomic E-state index is 0.0742. The first kappa shape index (κ1) is 14.5. The molecule has 0 saturated heterocycles. The van der Waals surface area contributed by atoms with Gasteiger partial charge in [0.1, 0.15) is 18.2 Å². The number of carbonyl (C=O) groups is 1. The third kappa shape index (κ3) is 5.17. The Balaban J connectivity index is 2.57. The number of ether oxygens (including phenoxy) is 1. The summed E-state index contributed by atoms with van der Waals surface area (Å²) in [5.41, 5.74) is -0.0742. The van der Waals surface area contributed by atoms with Gasteiger partial charge in [-0.3, -0.25) is 4.79 Å². The monoisotopic (exact) mass is 254 g/mol. The van der Waals surface area contributed by atoms with E-state index in [2.05, 4.69) is 0 Å². The molecule has 1 N–H and O–H groups in total. The fourth-order valence-electron chi connectivity index (χ4n) is 1.68. The molecule has 0 radical (unpaired) electrons. The number of benzene rings is 1. The van der Waals surface area contributed by atoms with Gasteiger partial charge in [-0.1, -0.05) is 20.8 Å². The summed E-state index contributed by atoms with van der Waals surface area (Å²) >= 11 is 0. The van der Waals surface area contributed by atoms with Crippen molar-refractivity contribution in [3.63, 3.8) is 0 Å². The van der Waals surface area contributed by atoms with Crippen LogP contribution in [0.25, 0.3) is 0 Å². The van der Waals surface area contributed by atoms with Gasteiger partial charge >= 0.3 is 5.97 Å². The standard InChI is InChI=1S/C14H19FO3/c1-14(2,3)8-10(13(16)17)9-18-12-6-4-11(15)5-7-12/h4-7,10H,8-9H2,1-3H3,(H,16,17). The van der Waals surface area contributed by atoms with Crippen molar-refractivity contribution < 1.29 is 19.0 Å². The largest absolute Gasteiger partial charge is 0.493 e. The smallest absolute Gasteiger partial charge is 0.309 e. The lowest BCUT2D eigenvalue weighted by atomic mass is 9.85. The van der Waals surface area contributed by atoms with Crippen molar-refractivity contribution >= 4 is 5.97 Å². The van der Waals surface area contributed by atoms with Crippen LogP contribution in [0.3, 0.4) is 0 Å². The van der Waals surface area contributed by atoms with E-state index in [-0.39, 0.29) is 17.8 Å². The van der Waals surface area contributed by atoms with E-state index in [1.54, 1.807) is 0 Å². The highest BCUT2D eigenvalue weighted by Gasteiger charge is 2.25. The van der Waals surface area contributed by atoms with Gasteiger partial charge in [0, 0.05) is 0 Å². The van der Waals surface area contributed by atoms with Gasteiger partial charge in [0.05, 0.1) is 5.92 Å². The van der Waals surface area contributed by atoms with E-state index < -0.39 is 11.9 Å². The molecule has 0 saturated carbocycles. The Morgan fingerprint density at radius 2 is 1.89 bits per heavy atom. The predicted octanol–water partition coefficient (Wildman–Crippen LogP) is 3.34. The quantitative estimate of drug-likeness (QED) is 0.876. The maximum atomic E-state index is 12.7. The van der Waals surface area contributed by atoms with Crippen molar-refractivity contribution in [2.75, 3.05) is 6.61 Å². The lowest BCUT2D eigenvalue weighted by Gasteiger charge is -2.23. The SMILES string of the molecule is CC(C)(C)CC(COc1ccc(F)cc1)C(=O)O. The van der Waals surface area contributed by atoms with Crippen LogP contribution in [-0.2, 0) is 4.79 Å². The maximum Gasteiger partial charge on any atom is 0.309 e. The topological polar surface area (TPSA) is 46.5 Å². The van der Waals surface area contributed by atoms with Gasteiger partial charge in [0.2, 0.25) is 0 Å². The Morgan fingerprint density at radius 3 is 2.33 bits per heavy atom. The van der Waals surface area contributed by atoms with Crippen LogP contribution in [0.15, 0.2) is 24.3 Å². The summed E-state index contributed by atoms with van der Waals surface area (Å²) in [5, 5.41) is 9.12. The molecule has 0 aliphatic heterocycles.